The van der Waals surface area contributed by atoms with Crippen LogP contribution in [0.5, 0.6) is 0 Å². The summed E-state index contributed by atoms with van der Waals surface area (Å²) in [4.78, 5) is 6.64. The first-order chi connectivity index (χ1) is 9.18. The van der Waals surface area contributed by atoms with Crippen LogP contribution >= 0.6 is 0 Å². The van der Waals surface area contributed by atoms with Crippen molar-refractivity contribution in [3.63, 3.8) is 0 Å². The third kappa shape index (κ3) is 3.55. The number of hydrogen-bond donors (Lipinski definition) is 1. The van der Waals surface area contributed by atoms with Crippen molar-refractivity contribution < 1.29 is 0 Å². The second kappa shape index (κ2) is 6.34. The van der Waals surface area contributed by atoms with Crippen LogP contribution < -0.4 is 10.2 Å². The molecule has 2 rings (SSSR count). The summed E-state index contributed by atoms with van der Waals surface area (Å²) in [5.74, 6) is 1.00. The van der Waals surface area contributed by atoms with Crippen molar-refractivity contribution in [1.82, 2.24) is 10.3 Å². The van der Waals surface area contributed by atoms with E-state index < -0.39 is 0 Å². The molecule has 19 heavy (non-hydrogen) atoms. The molecule has 1 N–H and O–H groups in total. The fourth-order valence-corrected chi connectivity index (χ4v) is 1.96. The van der Waals surface area contributed by atoms with Crippen LogP contribution in [0.25, 0.3) is 0 Å². The average Bonchev–Trinajstić information content (AvgIpc) is 2.45. The lowest BCUT2D eigenvalue weighted by Gasteiger charge is -2.21. The minimum Gasteiger partial charge on any atom is -0.329 e. The molecule has 0 spiro atoms. The Morgan fingerprint density at radius 2 is 1.84 bits per heavy atom. The van der Waals surface area contributed by atoms with Gasteiger partial charge in [0.2, 0.25) is 0 Å². The van der Waals surface area contributed by atoms with Crippen LogP contribution in [0.4, 0.5) is 11.5 Å². The molecule has 0 aliphatic carbocycles. The van der Waals surface area contributed by atoms with E-state index in [0.717, 1.165) is 18.1 Å². The Bertz CT molecular complexity index is 508. The van der Waals surface area contributed by atoms with Gasteiger partial charge in [0.15, 0.2) is 0 Å². The van der Waals surface area contributed by atoms with E-state index in [0.29, 0.717) is 6.04 Å². The van der Waals surface area contributed by atoms with Crippen molar-refractivity contribution in [3.05, 3.63) is 54.2 Å². The molecular formula is C16H21N3. The monoisotopic (exact) mass is 255 g/mol. The molecule has 0 saturated heterocycles. The summed E-state index contributed by atoms with van der Waals surface area (Å²) < 4.78 is 0. The average molecular weight is 255 g/mol. The molecular weight excluding hydrogens is 234 g/mol. The highest BCUT2D eigenvalue weighted by atomic mass is 15.2. The quantitative estimate of drug-likeness (QED) is 0.888. The summed E-state index contributed by atoms with van der Waals surface area (Å²) in [6.07, 6.45) is 1.84. The van der Waals surface area contributed by atoms with E-state index in [2.05, 4.69) is 54.3 Å². The maximum Gasteiger partial charge on any atom is 0.137 e. The van der Waals surface area contributed by atoms with Gasteiger partial charge in [-0.1, -0.05) is 38.1 Å². The lowest BCUT2D eigenvalue weighted by atomic mass is 10.2. The number of hydrogen-bond acceptors (Lipinski definition) is 3. The van der Waals surface area contributed by atoms with Gasteiger partial charge in [0.25, 0.3) is 0 Å². The number of rotatable bonds is 5. The molecule has 0 unspecified atom stereocenters. The van der Waals surface area contributed by atoms with Crippen molar-refractivity contribution in [1.29, 1.82) is 0 Å². The van der Waals surface area contributed by atoms with Gasteiger partial charge in [-0.2, -0.15) is 0 Å². The van der Waals surface area contributed by atoms with Gasteiger partial charge in [-0.05, 0) is 18.2 Å². The summed E-state index contributed by atoms with van der Waals surface area (Å²) in [6.45, 7) is 5.13. The molecule has 1 heterocycles. The molecule has 1 aromatic heterocycles. The molecule has 0 aliphatic heterocycles. The SMILES string of the molecule is CC(C)NCc1cccnc1N(C)c1ccccc1. The molecule has 3 nitrogen and oxygen atoms in total. The molecule has 0 bridgehead atoms. The summed E-state index contributed by atoms with van der Waals surface area (Å²) in [7, 11) is 2.05. The van der Waals surface area contributed by atoms with E-state index in [9.17, 15) is 0 Å². The molecule has 0 radical (unpaired) electrons. The van der Waals surface area contributed by atoms with E-state index in [1.165, 1.54) is 5.56 Å². The highest BCUT2D eigenvalue weighted by molar-refractivity contribution is 5.61. The summed E-state index contributed by atoms with van der Waals surface area (Å²) in [6, 6.07) is 14.9. The first kappa shape index (κ1) is 13.6. The van der Waals surface area contributed by atoms with E-state index >= 15 is 0 Å². The van der Waals surface area contributed by atoms with Crippen LogP contribution in [-0.4, -0.2) is 18.1 Å². The van der Waals surface area contributed by atoms with Crippen molar-refractivity contribution in [3.8, 4) is 0 Å². The standard InChI is InChI=1S/C16H21N3/c1-13(2)18-12-14-8-7-11-17-16(14)19(3)15-9-5-4-6-10-15/h4-11,13,18H,12H2,1-3H3. The van der Waals surface area contributed by atoms with Gasteiger partial charge in [-0.15, -0.1) is 0 Å². The van der Waals surface area contributed by atoms with E-state index in [1.54, 1.807) is 0 Å². The first-order valence-corrected chi connectivity index (χ1v) is 6.64. The number of nitrogens with zero attached hydrogens (tertiary/aromatic N) is 2. The van der Waals surface area contributed by atoms with Crippen LogP contribution in [0.1, 0.15) is 19.4 Å². The minimum absolute atomic E-state index is 0.468. The maximum atomic E-state index is 4.52. The van der Waals surface area contributed by atoms with Gasteiger partial charge in [-0.25, -0.2) is 4.98 Å². The van der Waals surface area contributed by atoms with Crippen molar-refractivity contribution in [2.24, 2.45) is 0 Å². The highest BCUT2D eigenvalue weighted by Crippen LogP contribution is 2.24. The third-order valence-corrected chi connectivity index (χ3v) is 3.03. The molecule has 0 saturated carbocycles. The largest absolute Gasteiger partial charge is 0.329 e. The summed E-state index contributed by atoms with van der Waals surface area (Å²) >= 11 is 0. The summed E-state index contributed by atoms with van der Waals surface area (Å²) in [5, 5.41) is 3.44. The number of benzene rings is 1. The van der Waals surface area contributed by atoms with E-state index in [1.807, 2.05) is 30.5 Å². The van der Waals surface area contributed by atoms with Crippen molar-refractivity contribution >= 4 is 11.5 Å². The molecule has 100 valence electrons. The van der Waals surface area contributed by atoms with Crippen LogP contribution in [0, 0.1) is 0 Å². The Morgan fingerprint density at radius 1 is 1.11 bits per heavy atom. The fourth-order valence-electron chi connectivity index (χ4n) is 1.96. The van der Waals surface area contributed by atoms with Gasteiger partial charge >= 0.3 is 0 Å². The minimum atomic E-state index is 0.468. The van der Waals surface area contributed by atoms with Crippen LogP contribution in [0.15, 0.2) is 48.7 Å². The van der Waals surface area contributed by atoms with Crippen molar-refractivity contribution in [2.75, 3.05) is 11.9 Å². The zero-order valence-electron chi connectivity index (χ0n) is 11.8. The number of anilines is 2. The van der Waals surface area contributed by atoms with E-state index in [-0.39, 0.29) is 0 Å². The molecule has 0 atom stereocenters. The van der Waals surface area contributed by atoms with Gasteiger partial charge < -0.3 is 10.2 Å². The zero-order valence-corrected chi connectivity index (χ0v) is 11.8. The molecule has 2 aromatic rings. The van der Waals surface area contributed by atoms with Crippen LogP contribution in [0.2, 0.25) is 0 Å². The highest BCUT2D eigenvalue weighted by Gasteiger charge is 2.10. The van der Waals surface area contributed by atoms with Gasteiger partial charge in [-0.3, -0.25) is 0 Å². The molecule has 0 amide bonds. The lowest BCUT2D eigenvalue weighted by molar-refractivity contribution is 0.588. The fraction of sp³-hybridized carbons (Fsp3) is 0.312. The number of para-hydroxylation sites is 1. The lowest BCUT2D eigenvalue weighted by Crippen LogP contribution is -2.23. The number of aromatic nitrogens is 1. The predicted molar refractivity (Wildman–Crippen MR) is 80.7 cm³/mol. The Morgan fingerprint density at radius 3 is 2.53 bits per heavy atom. The topological polar surface area (TPSA) is 28.2 Å². The normalized spacial score (nSPS) is 10.7. The Kier molecular flexibility index (Phi) is 4.53. The maximum absolute atomic E-state index is 4.52. The Labute approximate surface area is 115 Å². The van der Waals surface area contributed by atoms with Crippen LogP contribution in [0.3, 0.4) is 0 Å². The summed E-state index contributed by atoms with van der Waals surface area (Å²) in [5.41, 5.74) is 2.36. The van der Waals surface area contributed by atoms with Crippen LogP contribution in [-0.2, 0) is 6.54 Å². The Balaban J connectivity index is 2.24. The number of nitrogens with one attached hydrogen (secondary N) is 1. The van der Waals surface area contributed by atoms with Gasteiger partial charge in [0, 0.05) is 37.1 Å². The van der Waals surface area contributed by atoms with Gasteiger partial charge in [0.1, 0.15) is 5.82 Å². The third-order valence-electron chi connectivity index (χ3n) is 3.03. The molecule has 3 heteroatoms. The molecule has 0 aliphatic rings. The predicted octanol–water partition coefficient (Wildman–Crippen LogP) is 3.35. The first-order valence-electron chi connectivity index (χ1n) is 6.64. The Hall–Kier alpha value is -1.87. The second-order valence-corrected chi connectivity index (χ2v) is 4.92. The molecule has 1 aromatic carbocycles. The molecule has 0 fully saturated rings. The van der Waals surface area contributed by atoms with E-state index in [4.69, 9.17) is 0 Å². The van der Waals surface area contributed by atoms with Gasteiger partial charge in [0.05, 0.1) is 0 Å². The second-order valence-electron chi connectivity index (χ2n) is 4.92. The number of pyridine rings is 1. The smallest absolute Gasteiger partial charge is 0.137 e. The zero-order chi connectivity index (χ0) is 13.7. The van der Waals surface area contributed by atoms with Crippen molar-refractivity contribution in [2.45, 2.75) is 26.4 Å².